The molecule has 2 heterocycles. The number of ether oxygens (including phenoxy) is 4. The molecule has 0 amide bonds. The Balaban J connectivity index is 0.928. The van der Waals surface area contributed by atoms with Crippen LogP contribution in [-0.2, 0) is 45.4 Å². The van der Waals surface area contributed by atoms with E-state index in [2.05, 4.69) is 279 Å². The van der Waals surface area contributed by atoms with E-state index in [-0.39, 0.29) is 0 Å². The molecular formula is C83H76O4Os2P+. The van der Waals surface area contributed by atoms with Crippen LogP contribution in [-0.4, -0.2) is 39.6 Å². The molecule has 2 fully saturated rings. The Morgan fingerprint density at radius 2 is 0.911 bits per heavy atom. The summed E-state index contributed by atoms with van der Waals surface area (Å²) in [6.07, 6.45) is 30.1. The van der Waals surface area contributed by atoms with Crippen molar-refractivity contribution in [2.24, 2.45) is 0 Å². The van der Waals surface area contributed by atoms with Crippen LogP contribution in [0.2, 0.25) is 0 Å². The number of hydrogen-bond donors (Lipinski definition) is 0. The van der Waals surface area contributed by atoms with Crippen LogP contribution >= 0.6 is 7.26 Å². The molecule has 0 N–H and O–H groups in total. The Bertz CT molecular complexity index is 4060. The molecule has 7 aromatic rings. The van der Waals surface area contributed by atoms with Gasteiger partial charge in [-0.3, -0.25) is 0 Å². The first kappa shape index (κ1) is 66.3. The summed E-state index contributed by atoms with van der Waals surface area (Å²) in [5, 5.41) is 5.04. The summed E-state index contributed by atoms with van der Waals surface area (Å²) in [6.45, 7) is 14.0. The van der Waals surface area contributed by atoms with Gasteiger partial charge in [-0.05, 0) is 37.5 Å². The second-order valence-electron chi connectivity index (χ2n) is 21.8. The Kier molecular flexibility index (Phi) is 25.6. The second kappa shape index (κ2) is 34.7. The maximum absolute atomic E-state index is 6.36. The first-order valence-corrected chi connectivity index (χ1v) is 35.2. The molecule has 0 saturated carbocycles. The molecule has 0 spiro atoms. The number of rotatable bonds is 21. The summed E-state index contributed by atoms with van der Waals surface area (Å²) in [6, 6.07) is 62.4. The van der Waals surface area contributed by atoms with Crippen molar-refractivity contribution in [1.29, 1.82) is 0 Å². The quantitative estimate of drug-likeness (QED) is 0.0311. The summed E-state index contributed by atoms with van der Waals surface area (Å²) in [7, 11) is -2.46. The van der Waals surface area contributed by atoms with Gasteiger partial charge in [0, 0.05) is 23.3 Å². The van der Waals surface area contributed by atoms with E-state index in [9.17, 15) is 0 Å². The summed E-state index contributed by atoms with van der Waals surface area (Å²) < 4.78 is 32.1. The van der Waals surface area contributed by atoms with Crippen LogP contribution in [0, 0.1) is 32.4 Å². The van der Waals surface area contributed by atoms with Crippen molar-refractivity contribution in [2.45, 2.75) is 60.3 Å². The summed E-state index contributed by atoms with van der Waals surface area (Å²) in [4.78, 5) is 0. The molecular weight excluding hydrogens is 1470 g/mol. The zero-order valence-electron chi connectivity index (χ0n) is 52.0. The summed E-state index contributed by atoms with van der Waals surface area (Å²) in [5.41, 5.74) is 15.8. The Hall–Kier alpha value is -8.16. The molecule has 2 aliphatic heterocycles. The third-order valence-electron chi connectivity index (χ3n) is 15.4. The van der Waals surface area contributed by atoms with E-state index < -0.39 is 7.26 Å². The normalized spacial score (nSPS) is 15.7. The molecule has 452 valence electrons. The molecule has 7 heteroatoms. The molecule has 9 rings (SSSR count). The standard InChI is InChI=1S/C83H76O4P.2Os/c1-8-12-53-86-82-58-75(83(87-54-13-9-2)57-74(82)51-47-69-37-33-65(24-10-3)34-38-69)52-48-70-39-35-66(36-40-70)25-23-26-76-60-85-62-78(76)55-72(63(5)6)49-45-67-41-43-68(44-42-67)46-50-73(56-77-61-84-59-71(77)11-4)64(7)88(79-27-17-14-18-28-79,80-29-19-15-20-30-80)81-31-21-16-22-32-81;;/h10-11,14-46,49-50,55-58H,8-9,12-13,53-54,59-62H2,1-5H3;;/q+1;;/b24-10+,25-23+,49-45+,50-46+,71-11?,72-63?,73-64?,76-26?,77-56?,78-55?;;. The van der Waals surface area contributed by atoms with Gasteiger partial charge in [0.1, 0.15) is 11.5 Å². The monoisotopic (exact) mass is 1550 g/mol. The molecule has 0 atom stereocenters. The van der Waals surface area contributed by atoms with E-state index in [0.717, 1.165) is 98.1 Å². The van der Waals surface area contributed by atoms with Crippen molar-refractivity contribution < 1.29 is 54.8 Å². The van der Waals surface area contributed by atoms with Gasteiger partial charge < -0.3 is 9.47 Å². The average Bonchev–Trinajstić information content (AvgIpc) is 0.831. The molecule has 2 aliphatic rings. The number of hydrogen-bond acceptors (Lipinski definition) is 4. The van der Waals surface area contributed by atoms with Crippen LogP contribution < -0.4 is 25.4 Å². The number of allylic oxidation sites excluding steroid dienone is 12. The minimum absolute atomic E-state index is 0.543. The van der Waals surface area contributed by atoms with Gasteiger partial charge in [-0.15, -0.1) is 0 Å². The van der Waals surface area contributed by atoms with Crippen LogP contribution in [0.3, 0.4) is 0 Å². The molecule has 0 unspecified atom stereocenters. The van der Waals surface area contributed by atoms with Gasteiger partial charge in [-0.25, -0.2) is 0 Å². The number of unbranched alkanes of at least 4 members (excludes halogenated alkanes) is 2. The van der Waals surface area contributed by atoms with E-state index in [1.165, 1.54) is 32.4 Å². The third-order valence-corrected chi connectivity index (χ3v) is 21.8. The van der Waals surface area contributed by atoms with E-state index in [1.54, 1.807) is 17.9 Å². The minimum atomic E-state index is -2.46. The fourth-order valence-corrected chi connectivity index (χ4v) is 16.6. The van der Waals surface area contributed by atoms with Crippen molar-refractivity contribution in [2.75, 3.05) is 39.6 Å². The molecule has 0 bridgehead atoms. The molecule has 0 aliphatic carbocycles. The van der Waals surface area contributed by atoms with Crippen LogP contribution in [0.25, 0.3) is 24.3 Å². The van der Waals surface area contributed by atoms with Crippen LogP contribution in [0.4, 0.5) is 0 Å². The van der Waals surface area contributed by atoms with Crippen molar-refractivity contribution in [3.63, 3.8) is 0 Å². The predicted octanol–water partition coefficient (Wildman–Crippen LogP) is 18.0. The van der Waals surface area contributed by atoms with E-state index in [0.29, 0.717) is 51.1 Å². The van der Waals surface area contributed by atoms with Gasteiger partial charge in [0.2, 0.25) is 0 Å². The molecule has 4 nitrogen and oxygen atoms in total. The molecule has 0 radical (unpaired) electrons. The second-order valence-corrected chi connectivity index (χ2v) is 26.4. The fourth-order valence-electron chi connectivity index (χ4n) is 10.4. The number of benzene rings is 7. The van der Waals surface area contributed by atoms with Crippen LogP contribution in [0.1, 0.15) is 105 Å². The first-order chi connectivity index (χ1) is 44.3. The molecule has 2 saturated heterocycles. The van der Waals surface area contributed by atoms with Gasteiger partial charge in [0.25, 0.3) is 0 Å². The van der Waals surface area contributed by atoms with Gasteiger partial charge in [0.05, 0.1) is 24.3 Å². The molecule has 7 aromatic carbocycles. The van der Waals surface area contributed by atoms with Gasteiger partial charge in [-0.1, -0.05) is 74.7 Å². The maximum atomic E-state index is 6.36. The van der Waals surface area contributed by atoms with Gasteiger partial charge >= 0.3 is 379 Å². The van der Waals surface area contributed by atoms with Gasteiger partial charge in [-0.2, -0.15) is 0 Å². The van der Waals surface area contributed by atoms with Crippen molar-refractivity contribution in [3.8, 4) is 43.9 Å². The topological polar surface area (TPSA) is 36.9 Å². The Morgan fingerprint density at radius 1 is 0.489 bits per heavy atom. The van der Waals surface area contributed by atoms with Crippen LogP contribution in [0.5, 0.6) is 11.5 Å². The molecule has 0 aromatic heterocycles. The Morgan fingerprint density at radius 3 is 1.37 bits per heavy atom. The van der Waals surface area contributed by atoms with E-state index >= 15 is 0 Å². The fraction of sp³-hybridized carbons (Fsp3) is 0.181. The SMILES string of the molecule is CC=C1COCC1=CC(/C=C/c1ccc(/C=C/C(C=C2COCC2=C/C=C/c2ccc(C#Cc3cc(OCCCC)c(C#Cc4ccc(/C=C/C)cc4)cc3OCCCC)cc2)=C(C)[C]#[Os])cc1)=C([C]#[Os])[P+](c1ccccc1)(c1ccccc1)c1ccccc1. The zero-order valence-corrected chi connectivity index (χ0v) is 58.0. The van der Waals surface area contributed by atoms with Crippen molar-refractivity contribution >= 4 is 47.5 Å². The average molecular weight is 1550 g/mol. The predicted molar refractivity (Wildman–Crippen MR) is 373 cm³/mol. The third kappa shape index (κ3) is 17.8. The summed E-state index contributed by atoms with van der Waals surface area (Å²) in [5.74, 6) is 15.0. The Labute approximate surface area is 555 Å². The molecule has 90 heavy (non-hydrogen) atoms. The van der Waals surface area contributed by atoms with E-state index in [1.807, 2.05) is 55.2 Å². The van der Waals surface area contributed by atoms with Crippen LogP contribution in [0.15, 0.2) is 269 Å². The van der Waals surface area contributed by atoms with E-state index in [4.69, 9.17) is 18.9 Å². The zero-order chi connectivity index (χ0) is 62.8. The van der Waals surface area contributed by atoms with Gasteiger partial charge in [0.15, 0.2) is 0 Å². The van der Waals surface area contributed by atoms with Crippen molar-refractivity contribution in [3.05, 3.63) is 313 Å². The first-order valence-electron chi connectivity index (χ1n) is 30.9. The summed E-state index contributed by atoms with van der Waals surface area (Å²) >= 11 is 3.55. The van der Waals surface area contributed by atoms with Crippen molar-refractivity contribution in [1.82, 2.24) is 0 Å².